The van der Waals surface area contributed by atoms with E-state index in [9.17, 15) is 4.79 Å². The normalized spacial score (nSPS) is 12.4. The first kappa shape index (κ1) is 14.8. The van der Waals surface area contributed by atoms with Crippen LogP contribution in [0.25, 0.3) is 0 Å². The van der Waals surface area contributed by atoms with E-state index in [-0.39, 0.29) is 11.9 Å². The van der Waals surface area contributed by atoms with E-state index >= 15 is 0 Å². The molecule has 4 nitrogen and oxygen atoms in total. The summed E-state index contributed by atoms with van der Waals surface area (Å²) in [5.41, 5.74) is 0.478. The Hall–Kier alpha value is -1.29. The maximum atomic E-state index is 12.4. The zero-order valence-electron chi connectivity index (χ0n) is 11.5. The molecule has 1 heterocycles. The van der Waals surface area contributed by atoms with Gasteiger partial charge in [-0.15, -0.1) is 0 Å². The summed E-state index contributed by atoms with van der Waals surface area (Å²) in [6.07, 6.45) is 1.49. The van der Waals surface area contributed by atoms with Gasteiger partial charge in [-0.25, -0.2) is 4.98 Å². The first-order valence-electron chi connectivity index (χ1n) is 5.99. The van der Waals surface area contributed by atoms with Crippen LogP contribution >= 0.6 is 11.6 Å². The third-order valence-electron chi connectivity index (χ3n) is 3.24. The van der Waals surface area contributed by atoms with Crippen LogP contribution in [0.1, 0.15) is 31.1 Å². The second-order valence-corrected chi connectivity index (χ2v) is 5.11. The Bertz CT molecular complexity index is 434. The zero-order valence-corrected chi connectivity index (χ0v) is 12.2. The highest BCUT2D eigenvalue weighted by Gasteiger charge is 2.22. The van der Waals surface area contributed by atoms with Gasteiger partial charge in [-0.3, -0.25) is 4.79 Å². The van der Waals surface area contributed by atoms with E-state index in [0.29, 0.717) is 22.3 Å². The number of anilines is 1. The summed E-state index contributed by atoms with van der Waals surface area (Å²) in [6, 6.07) is 1.83. The lowest BCUT2D eigenvalue weighted by Gasteiger charge is -2.28. The van der Waals surface area contributed by atoms with Crippen LogP contribution in [0.2, 0.25) is 5.02 Å². The molecule has 1 aromatic heterocycles. The van der Waals surface area contributed by atoms with Crippen LogP contribution in [-0.2, 0) is 0 Å². The Morgan fingerprint density at radius 2 is 2.06 bits per heavy atom. The Morgan fingerprint density at radius 1 is 1.44 bits per heavy atom. The molecule has 0 spiro atoms. The molecule has 1 rings (SSSR count). The number of carbonyl (C=O) groups excluding carboxylic acids is 1. The van der Waals surface area contributed by atoms with E-state index in [1.165, 1.54) is 6.20 Å². The largest absolute Gasteiger partial charge is 0.373 e. The number of nitrogens with zero attached hydrogens (tertiary/aromatic N) is 2. The Kier molecular flexibility index (Phi) is 4.96. The average Bonchev–Trinajstić information content (AvgIpc) is 2.36. The Morgan fingerprint density at radius 3 is 2.56 bits per heavy atom. The molecule has 0 aliphatic heterocycles. The van der Waals surface area contributed by atoms with Gasteiger partial charge < -0.3 is 10.2 Å². The van der Waals surface area contributed by atoms with Crippen molar-refractivity contribution < 1.29 is 4.79 Å². The summed E-state index contributed by atoms with van der Waals surface area (Å²) >= 11 is 6.04. The monoisotopic (exact) mass is 269 g/mol. The van der Waals surface area contributed by atoms with Gasteiger partial charge in [-0.2, -0.15) is 0 Å². The number of nitrogens with one attached hydrogen (secondary N) is 1. The van der Waals surface area contributed by atoms with Crippen molar-refractivity contribution in [2.24, 2.45) is 5.92 Å². The number of pyridine rings is 1. The van der Waals surface area contributed by atoms with Gasteiger partial charge in [-0.05, 0) is 18.9 Å². The van der Waals surface area contributed by atoms with Gasteiger partial charge in [0.25, 0.3) is 5.91 Å². The Labute approximate surface area is 113 Å². The highest BCUT2D eigenvalue weighted by atomic mass is 35.5. The molecule has 18 heavy (non-hydrogen) atoms. The lowest BCUT2D eigenvalue weighted by molar-refractivity contribution is 0.0707. The maximum Gasteiger partial charge on any atom is 0.255 e. The minimum absolute atomic E-state index is 0.0832. The van der Waals surface area contributed by atoms with Crippen LogP contribution in [0, 0.1) is 5.92 Å². The summed E-state index contributed by atoms with van der Waals surface area (Å²) in [5, 5.41) is 3.28. The lowest BCUT2D eigenvalue weighted by atomic mass is 10.0. The van der Waals surface area contributed by atoms with Crippen molar-refractivity contribution in [2.45, 2.75) is 26.8 Å². The van der Waals surface area contributed by atoms with Gasteiger partial charge in [0.05, 0.1) is 10.6 Å². The summed E-state index contributed by atoms with van der Waals surface area (Å²) in [4.78, 5) is 18.1. The SMILES string of the molecule is CNc1cc(C(=O)N(C)C(C)C(C)C)c(Cl)cn1. The zero-order chi connectivity index (χ0) is 13.9. The number of carbonyl (C=O) groups is 1. The third kappa shape index (κ3) is 3.13. The van der Waals surface area contributed by atoms with Gasteiger partial charge in [-0.1, -0.05) is 25.4 Å². The van der Waals surface area contributed by atoms with E-state index < -0.39 is 0 Å². The molecule has 1 atom stereocenters. The fraction of sp³-hybridized carbons (Fsp3) is 0.538. The predicted octanol–water partition coefficient (Wildman–Crippen LogP) is 2.89. The maximum absolute atomic E-state index is 12.4. The minimum Gasteiger partial charge on any atom is -0.373 e. The van der Waals surface area contributed by atoms with Crippen molar-refractivity contribution in [2.75, 3.05) is 19.4 Å². The summed E-state index contributed by atoms with van der Waals surface area (Å²) in [6.45, 7) is 6.19. The topological polar surface area (TPSA) is 45.2 Å². The first-order valence-corrected chi connectivity index (χ1v) is 6.36. The van der Waals surface area contributed by atoms with Crippen molar-refractivity contribution in [3.63, 3.8) is 0 Å². The van der Waals surface area contributed by atoms with Crippen molar-refractivity contribution >= 4 is 23.3 Å². The second kappa shape index (κ2) is 6.05. The molecule has 0 fully saturated rings. The quantitative estimate of drug-likeness (QED) is 0.914. The molecular weight excluding hydrogens is 250 g/mol. The van der Waals surface area contributed by atoms with E-state index in [1.54, 1.807) is 25.1 Å². The highest BCUT2D eigenvalue weighted by Crippen LogP contribution is 2.21. The van der Waals surface area contributed by atoms with Crippen molar-refractivity contribution in [1.82, 2.24) is 9.88 Å². The second-order valence-electron chi connectivity index (χ2n) is 4.70. The molecular formula is C13H20ClN3O. The number of amides is 1. The van der Waals surface area contributed by atoms with Crippen molar-refractivity contribution in [3.05, 3.63) is 22.8 Å². The van der Waals surface area contributed by atoms with Crippen LogP contribution in [0.3, 0.4) is 0 Å². The molecule has 0 aromatic carbocycles. The summed E-state index contributed by atoms with van der Waals surface area (Å²) in [5.74, 6) is 0.941. The number of aromatic nitrogens is 1. The lowest BCUT2D eigenvalue weighted by Crippen LogP contribution is -2.38. The van der Waals surface area contributed by atoms with Gasteiger partial charge in [0, 0.05) is 26.3 Å². The van der Waals surface area contributed by atoms with E-state index in [2.05, 4.69) is 24.1 Å². The number of halogens is 1. The van der Waals surface area contributed by atoms with E-state index in [0.717, 1.165) is 0 Å². The smallest absolute Gasteiger partial charge is 0.255 e. The number of hydrogen-bond donors (Lipinski definition) is 1. The van der Waals surface area contributed by atoms with Crippen molar-refractivity contribution in [1.29, 1.82) is 0 Å². The molecule has 0 saturated carbocycles. The van der Waals surface area contributed by atoms with Crippen LogP contribution in [0.4, 0.5) is 5.82 Å². The number of rotatable bonds is 4. The molecule has 1 aromatic rings. The molecule has 5 heteroatoms. The molecule has 0 radical (unpaired) electrons. The van der Waals surface area contributed by atoms with Crippen LogP contribution in [-0.4, -0.2) is 35.9 Å². The fourth-order valence-corrected chi connectivity index (χ4v) is 1.75. The average molecular weight is 270 g/mol. The highest BCUT2D eigenvalue weighted by molar-refractivity contribution is 6.33. The van der Waals surface area contributed by atoms with Gasteiger partial charge in [0.1, 0.15) is 5.82 Å². The molecule has 0 aliphatic rings. The predicted molar refractivity (Wildman–Crippen MR) is 75.2 cm³/mol. The van der Waals surface area contributed by atoms with E-state index in [1.807, 2.05) is 6.92 Å². The Balaban J connectivity index is 3.03. The third-order valence-corrected chi connectivity index (χ3v) is 3.54. The summed E-state index contributed by atoms with van der Waals surface area (Å²) in [7, 11) is 3.55. The van der Waals surface area contributed by atoms with Gasteiger partial charge in [0.2, 0.25) is 0 Å². The molecule has 0 aliphatic carbocycles. The molecule has 100 valence electrons. The fourth-order valence-electron chi connectivity index (χ4n) is 1.56. The molecule has 0 bridgehead atoms. The molecule has 0 saturated heterocycles. The standard InChI is InChI=1S/C13H20ClN3O/c1-8(2)9(3)17(5)13(18)10-6-12(15-4)16-7-11(10)14/h6-9H,1-5H3,(H,15,16). The number of hydrogen-bond acceptors (Lipinski definition) is 3. The first-order chi connectivity index (χ1) is 8.38. The van der Waals surface area contributed by atoms with E-state index in [4.69, 9.17) is 11.6 Å². The molecule has 1 N–H and O–H groups in total. The molecule has 1 unspecified atom stereocenters. The minimum atomic E-state index is -0.0832. The van der Waals surface area contributed by atoms with Gasteiger partial charge in [0.15, 0.2) is 0 Å². The molecule has 1 amide bonds. The summed E-state index contributed by atoms with van der Waals surface area (Å²) < 4.78 is 0. The van der Waals surface area contributed by atoms with Crippen LogP contribution < -0.4 is 5.32 Å². The van der Waals surface area contributed by atoms with Crippen LogP contribution in [0.15, 0.2) is 12.3 Å². The van der Waals surface area contributed by atoms with Crippen molar-refractivity contribution in [3.8, 4) is 0 Å². The van der Waals surface area contributed by atoms with Crippen LogP contribution in [0.5, 0.6) is 0 Å². The van der Waals surface area contributed by atoms with Gasteiger partial charge >= 0.3 is 0 Å².